The molecule has 0 aromatic heterocycles. The Labute approximate surface area is 141 Å². The van der Waals surface area contributed by atoms with Crippen molar-refractivity contribution in [2.75, 3.05) is 39.3 Å². The second-order valence-corrected chi connectivity index (χ2v) is 7.99. The van der Waals surface area contributed by atoms with Gasteiger partial charge >= 0.3 is 0 Å². The Balaban J connectivity index is 1.27. The highest BCUT2D eigenvalue weighted by Gasteiger charge is 2.41. The van der Waals surface area contributed by atoms with Crippen LogP contribution in [-0.2, 0) is 6.54 Å². The van der Waals surface area contributed by atoms with Crippen LogP contribution in [0.3, 0.4) is 0 Å². The van der Waals surface area contributed by atoms with E-state index in [4.69, 9.17) is 0 Å². The van der Waals surface area contributed by atoms with Crippen LogP contribution in [0.1, 0.15) is 37.7 Å². The average Bonchev–Trinajstić information content (AvgIpc) is 3.01. The molecule has 0 radical (unpaired) electrons. The zero-order valence-electron chi connectivity index (χ0n) is 14.3. The SMILES string of the molecule is c1ccc(CN2CCC(N3CC[C@@]4(CCCNC4)C3)CC2)cc1. The van der Waals surface area contributed by atoms with E-state index < -0.39 is 0 Å². The molecule has 3 heteroatoms. The molecule has 3 nitrogen and oxygen atoms in total. The van der Waals surface area contributed by atoms with Gasteiger partial charge in [-0.2, -0.15) is 0 Å². The molecule has 0 bridgehead atoms. The Morgan fingerprint density at radius 1 is 1.04 bits per heavy atom. The van der Waals surface area contributed by atoms with E-state index in [1.54, 1.807) is 0 Å². The van der Waals surface area contributed by atoms with Gasteiger partial charge < -0.3 is 5.32 Å². The number of hydrogen-bond acceptors (Lipinski definition) is 3. The number of benzene rings is 1. The summed E-state index contributed by atoms with van der Waals surface area (Å²) in [6, 6.07) is 11.8. The van der Waals surface area contributed by atoms with Crippen molar-refractivity contribution in [3.63, 3.8) is 0 Å². The summed E-state index contributed by atoms with van der Waals surface area (Å²) < 4.78 is 0. The van der Waals surface area contributed by atoms with E-state index in [1.807, 2.05) is 0 Å². The Kier molecular flexibility index (Phi) is 4.70. The molecule has 23 heavy (non-hydrogen) atoms. The van der Waals surface area contributed by atoms with Crippen molar-refractivity contribution in [1.82, 2.24) is 15.1 Å². The highest BCUT2D eigenvalue weighted by Crippen LogP contribution is 2.38. The number of rotatable bonds is 3. The molecule has 3 saturated heterocycles. The van der Waals surface area contributed by atoms with Crippen LogP contribution in [0.5, 0.6) is 0 Å². The smallest absolute Gasteiger partial charge is 0.0233 e. The van der Waals surface area contributed by atoms with E-state index in [-0.39, 0.29) is 0 Å². The molecule has 0 unspecified atom stereocenters. The lowest BCUT2D eigenvalue weighted by atomic mass is 9.80. The van der Waals surface area contributed by atoms with Gasteiger partial charge in [-0.25, -0.2) is 0 Å². The second kappa shape index (κ2) is 6.92. The first-order valence-electron chi connectivity index (χ1n) is 9.54. The van der Waals surface area contributed by atoms with E-state index in [0.717, 1.165) is 12.6 Å². The van der Waals surface area contributed by atoms with Crippen LogP contribution in [0.2, 0.25) is 0 Å². The quantitative estimate of drug-likeness (QED) is 0.926. The minimum atomic E-state index is 0.611. The van der Waals surface area contributed by atoms with Crippen LogP contribution in [0.4, 0.5) is 0 Å². The monoisotopic (exact) mass is 313 g/mol. The molecule has 126 valence electrons. The number of nitrogens with zero attached hydrogens (tertiary/aromatic N) is 2. The third-order valence-electron chi connectivity index (χ3n) is 6.35. The summed E-state index contributed by atoms with van der Waals surface area (Å²) in [6.45, 7) is 8.84. The maximum absolute atomic E-state index is 3.64. The summed E-state index contributed by atoms with van der Waals surface area (Å²) in [4.78, 5) is 5.46. The van der Waals surface area contributed by atoms with Crippen LogP contribution in [-0.4, -0.2) is 55.1 Å². The zero-order chi connectivity index (χ0) is 15.5. The van der Waals surface area contributed by atoms with Gasteiger partial charge in [0.2, 0.25) is 0 Å². The molecule has 3 heterocycles. The summed E-state index contributed by atoms with van der Waals surface area (Å²) in [5.41, 5.74) is 2.07. The number of piperidine rings is 2. The topological polar surface area (TPSA) is 18.5 Å². The Morgan fingerprint density at radius 2 is 1.87 bits per heavy atom. The maximum atomic E-state index is 3.64. The van der Waals surface area contributed by atoms with Gasteiger partial charge in [0.1, 0.15) is 0 Å². The minimum Gasteiger partial charge on any atom is -0.316 e. The van der Waals surface area contributed by atoms with Crippen LogP contribution < -0.4 is 5.32 Å². The van der Waals surface area contributed by atoms with Gasteiger partial charge in [-0.3, -0.25) is 9.80 Å². The van der Waals surface area contributed by atoms with Gasteiger partial charge in [-0.1, -0.05) is 30.3 Å². The molecule has 3 aliphatic heterocycles. The highest BCUT2D eigenvalue weighted by atomic mass is 15.2. The number of hydrogen-bond donors (Lipinski definition) is 1. The van der Waals surface area contributed by atoms with Crippen LogP contribution in [0.25, 0.3) is 0 Å². The zero-order valence-corrected chi connectivity index (χ0v) is 14.3. The lowest BCUT2D eigenvalue weighted by Gasteiger charge is -2.39. The normalized spacial score (nSPS) is 31.0. The highest BCUT2D eigenvalue weighted by molar-refractivity contribution is 5.14. The number of likely N-dealkylation sites (tertiary alicyclic amines) is 2. The molecule has 0 saturated carbocycles. The second-order valence-electron chi connectivity index (χ2n) is 7.99. The molecular weight excluding hydrogens is 282 g/mol. The van der Waals surface area contributed by atoms with Crippen molar-refractivity contribution in [2.24, 2.45) is 5.41 Å². The third kappa shape index (κ3) is 3.62. The molecule has 0 aliphatic carbocycles. The molecule has 1 aromatic carbocycles. The van der Waals surface area contributed by atoms with Gasteiger partial charge in [0.15, 0.2) is 0 Å². The van der Waals surface area contributed by atoms with E-state index in [2.05, 4.69) is 45.4 Å². The first-order valence-corrected chi connectivity index (χ1v) is 9.54. The van der Waals surface area contributed by atoms with Gasteiger partial charge in [0.25, 0.3) is 0 Å². The van der Waals surface area contributed by atoms with Crippen LogP contribution in [0.15, 0.2) is 30.3 Å². The molecule has 1 aromatic rings. The van der Waals surface area contributed by atoms with E-state index in [1.165, 1.54) is 76.9 Å². The van der Waals surface area contributed by atoms with Crippen LogP contribution >= 0.6 is 0 Å². The molecule has 0 amide bonds. The summed E-state index contributed by atoms with van der Waals surface area (Å²) >= 11 is 0. The predicted molar refractivity (Wildman–Crippen MR) is 95.5 cm³/mol. The molecule has 1 N–H and O–H groups in total. The lowest BCUT2D eigenvalue weighted by molar-refractivity contribution is 0.106. The standard InChI is InChI=1S/C20H31N3/c1-2-5-18(6-3-1)15-22-12-7-19(8-13-22)23-14-10-20(17-23)9-4-11-21-16-20/h1-3,5-6,19,21H,4,7-17H2/t20-/m1/s1. The van der Waals surface area contributed by atoms with Crippen LogP contribution in [0, 0.1) is 5.41 Å². The van der Waals surface area contributed by atoms with E-state index in [9.17, 15) is 0 Å². The molecule has 4 rings (SSSR count). The molecule has 3 fully saturated rings. The Bertz CT molecular complexity index is 487. The van der Waals surface area contributed by atoms with Crippen molar-refractivity contribution < 1.29 is 0 Å². The third-order valence-corrected chi connectivity index (χ3v) is 6.35. The fourth-order valence-electron chi connectivity index (χ4n) is 4.94. The summed E-state index contributed by atoms with van der Waals surface area (Å²) in [7, 11) is 0. The Hall–Kier alpha value is -0.900. The van der Waals surface area contributed by atoms with Crippen molar-refractivity contribution >= 4 is 0 Å². The minimum absolute atomic E-state index is 0.611. The first kappa shape index (κ1) is 15.6. The molecule has 3 aliphatic rings. The van der Waals surface area contributed by atoms with Crippen molar-refractivity contribution in [2.45, 2.75) is 44.7 Å². The fourth-order valence-corrected chi connectivity index (χ4v) is 4.94. The summed E-state index contributed by atoms with van der Waals surface area (Å²) in [5, 5.41) is 3.64. The number of nitrogens with one attached hydrogen (secondary N) is 1. The maximum Gasteiger partial charge on any atom is 0.0233 e. The van der Waals surface area contributed by atoms with Gasteiger partial charge in [0.05, 0.1) is 0 Å². The van der Waals surface area contributed by atoms with Crippen molar-refractivity contribution in [1.29, 1.82) is 0 Å². The molecule has 1 atom stereocenters. The van der Waals surface area contributed by atoms with E-state index in [0.29, 0.717) is 5.41 Å². The van der Waals surface area contributed by atoms with E-state index >= 15 is 0 Å². The first-order chi connectivity index (χ1) is 11.3. The Morgan fingerprint density at radius 3 is 2.61 bits per heavy atom. The summed E-state index contributed by atoms with van der Waals surface area (Å²) in [5.74, 6) is 0. The lowest BCUT2D eigenvalue weighted by Crippen LogP contribution is -2.46. The van der Waals surface area contributed by atoms with Gasteiger partial charge in [-0.15, -0.1) is 0 Å². The van der Waals surface area contributed by atoms with Crippen molar-refractivity contribution in [3.05, 3.63) is 35.9 Å². The summed E-state index contributed by atoms with van der Waals surface area (Å²) in [6.07, 6.45) is 6.96. The largest absolute Gasteiger partial charge is 0.316 e. The fraction of sp³-hybridized carbons (Fsp3) is 0.700. The van der Waals surface area contributed by atoms with Gasteiger partial charge in [-0.05, 0) is 69.3 Å². The average molecular weight is 313 g/mol. The molecule has 1 spiro atoms. The molecular formula is C20H31N3. The van der Waals surface area contributed by atoms with Gasteiger partial charge in [0, 0.05) is 25.7 Å². The predicted octanol–water partition coefficient (Wildman–Crippen LogP) is 2.73. The van der Waals surface area contributed by atoms with Crippen molar-refractivity contribution in [3.8, 4) is 0 Å².